The first-order valence-corrected chi connectivity index (χ1v) is 8.67. The van der Waals surface area contributed by atoms with Gasteiger partial charge in [0.25, 0.3) is 0 Å². The third kappa shape index (κ3) is 4.59. The van der Waals surface area contributed by atoms with Gasteiger partial charge in [-0.3, -0.25) is 4.79 Å². The van der Waals surface area contributed by atoms with E-state index in [9.17, 15) is 9.90 Å². The second-order valence-electron chi connectivity index (χ2n) is 6.09. The van der Waals surface area contributed by atoms with Crippen LogP contribution in [0.25, 0.3) is 0 Å². The van der Waals surface area contributed by atoms with E-state index < -0.39 is 5.97 Å². The summed E-state index contributed by atoms with van der Waals surface area (Å²) in [5, 5.41) is 9.25. The van der Waals surface area contributed by atoms with Crippen LogP contribution in [0, 0.1) is 8.99 Å². The van der Waals surface area contributed by atoms with Crippen molar-refractivity contribution in [3.8, 4) is 5.75 Å². The van der Waals surface area contributed by atoms with Crippen LogP contribution >= 0.6 is 22.6 Å². The number of hydrogen-bond donors (Lipinski definition) is 1. The van der Waals surface area contributed by atoms with Crippen molar-refractivity contribution in [3.05, 3.63) is 27.3 Å². The van der Waals surface area contributed by atoms with Gasteiger partial charge in [-0.25, -0.2) is 0 Å². The van der Waals surface area contributed by atoms with E-state index >= 15 is 0 Å². The second kappa shape index (κ2) is 7.47. The molecule has 0 aromatic heterocycles. The summed E-state index contributed by atoms with van der Waals surface area (Å²) in [7, 11) is 1.69. The number of hydrogen-bond acceptors (Lipinski definition) is 2. The largest absolute Gasteiger partial charge is 0.496 e. The SMILES string of the molecule is COc1ccc(I)cc1CCC1(CC(=O)O)CCCCC1. The van der Waals surface area contributed by atoms with E-state index in [0.717, 1.165) is 44.3 Å². The van der Waals surface area contributed by atoms with Crippen LogP contribution in [0.15, 0.2) is 18.2 Å². The van der Waals surface area contributed by atoms with Crippen LogP contribution in [-0.4, -0.2) is 18.2 Å². The van der Waals surface area contributed by atoms with E-state index in [1.165, 1.54) is 15.6 Å². The highest BCUT2D eigenvalue weighted by Crippen LogP contribution is 2.43. The van der Waals surface area contributed by atoms with Crippen LogP contribution in [0.1, 0.15) is 50.5 Å². The maximum absolute atomic E-state index is 11.2. The summed E-state index contributed by atoms with van der Waals surface area (Å²) in [4.78, 5) is 11.2. The molecule has 3 nitrogen and oxygen atoms in total. The van der Waals surface area contributed by atoms with E-state index in [2.05, 4.69) is 28.7 Å². The zero-order chi connectivity index (χ0) is 15.3. The fourth-order valence-electron chi connectivity index (χ4n) is 3.48. The standard InChI is InChI=1S/C17H23IO3/c1-21-15-6-5-14(18)11-13(15)7-10-17(12-16(19)20)8-3-2-4-9-17/h5-6,11H,2-4,7-10,12H2,1H3,(H,19,20). The molecule has 0 atom stereocenters. The average molecular weight is 402 g/mol. The summed E-state index contributed by atoms with van der Waals surface area (Å²) in [5.74, 6) is 0.253. The summed E-state index contributed by atoms with van der Waals surface area (Å²) in [5.41, 5.74) is 1.18. The van der Waals surface area contributed by atoms with E-state index in [-0.39, 0.29) is 5.41 Å². The molecule has 0 unspecified atom stereocenters. The highest BCUT2D eigenvalue weighted by Gasteiger charge is 2.34. The molecule has 21 heavy (non-hydrogen) atoms. The Morgan fingerprint density at radius 1 is 1.33 bits per heavy atom. The van der Waals surface area contributed by atoms with Crippen molar-refractivity contribution >= 4 is 28.6 Å². The third-order valence-electron chi connectivity index (χ3n) is 4.61. The Labute approximate surface area is 140 Å². The monoisotopic (exact) mass is 402 g/mol. The molecule has 1 fully saturated rings. The number of methoxy groups -OCH3 is 1. The summed E-state index contributed by atoms with van der Waals surface area (Å²) < 4.78 is 6.63. The molecule has 0 aliphatic heterocycles. The van der Waals surface area contributed by atoms with Gasteiger partial charge in [0.15, 0.2) is 0 Å². The van der Waals surface area contributed by atoms with Gasteiger partial charge >= 0.3 is 5.97 Å². The van der Waals surface area contributed by atoms with E-state index in [4.69, 9.17) is 4.74 Å². The Balaban J connectivity index is 2.11. The molecule has 0 radical (unpaired) electrons. The molecule has 0 bridgehead atoms. The van der Waals surface area contributed by atoms with E-state index in [1.54, 1.807) is 7.11 Å². The Morgan fingerprint density at radius 2 is 2.05 bits per heavy atom. The van der Waals surface area contributed by atoms with Crippen LogP contribution in [-0.2, 0) is 11.2 Å². The molecular formula is C17H23IO3. The van der Waals surface area contributed by atoms with Crippen molar-refractivity contribution in [3.63, 3.8) is 0 Å². The molecule has 4 heteroatoms. The molecule has 0 amide bonds. The second-order valence-corrected chi connectivity index (χ2v) is 7.33. The summed E-state index contributed by atoms with van der Waals surface area (Å²) >= 11 is 2.31. The molecule has 2 rings (SSSR count). The lowest BCUT2D eigenvalue weighted by Crippen LogP contribution is -2.28. The van der Waals surface area contributed by atoms with Gasteiger partial charge in [0, 0.05) is 3.57 Å². The number of carboxylic acids is 1. The molecule has 1 aliphatic rings. The number of aliphatic carboxylic acids is 1. The highest BCUT2D eigenvalue weighted by atomic mass is 127. The minimum Gasteiger partial charge on any atom is -0.496 e. The lowest BCUT2D eigenvalue weighted by atomic mass is 9.68. The van der Waals surface area contributed by atoms with Crippen LogP contribution in [0.5, 0.6) is 5.75 Å². The average Bonchev–Trinajstić information content (AvgIpc) is 2.46. The van der Waals surface area contributed by atoms with Crippen molar-refractivity contribution in [2.24, 2.45) is 5.41 Å². The van der Waals surface area contributed by atoms with Gasteiger partial charge in [-0.05, 0) is 77.5 Å². The first-order valence-electron chi connectivity index (χ1n) is 7.59. The predicted molar refractivity (Wildman–Crippen MR) is 91.8 cm³/mol. The van der Waals surface area contributed by atoms with Crippen LogP contribution in [0.3, 0.4) is 0 Å². The van der Waals surface area contributed by atoms with E-state index in [1.807, 2.05) is 12.1 Å². The van der Waals surface area contributed by atoms with Gasteiger partial charge in [0.1, 0.15) is 5.75 Å². The van der Waals surface area contributed by atoms with Crippen molar-refractivity contribution in [2.45, 2.75) is 51.4 Å². The maximum atomic E-state index is 11.2. The molecule has 1 N–H and O–H groups in total. The molecule has 0 spiro atoms. The number of carbonyl (C=O) groups is 1. The van der Waals surface area contributed by atoms with Gasteiger partial charge in [-0.1, -0.05) is 19.3 Å². The van der Waals surface area contributed by atoms with Crippen LogP contribution in [0.4, 0.5) is 0 Å². The molecule has 1 saturated carbocycles. The lowest BCUT2D eigenvalue weighted by molar-refractivity contribution is -0.140. The number of ether oxygens (including phenoxy) is 1. The van der Waals surface area contributed by atoms with Crippen molar-refractivity contribution in [1.29, 1.82) is 0 Å². The number of aryl methyl sites for hydroxylation is 1. The topological polar surface area (TPSA) is 46.5 Å². The van der Waals surface area contributed by atoms with Crippen LogP contribution in [0.2, 0.25) is 0 Å². The number of halogens is 1. The molecule has 116 valence electrons. The molecule has 1 aromatic rings. The van der Waals surface area contributed by atoms with Gasteiger partial charge in [-0.15, -0.1) is 0 Å². The minimum absolute atomic E-state index is 0.0175. The quantitative estimate of drug-likeness (QED) is 0.705. The number of carboxylic acid groups (broad SMARTS) is 1. The highest BCUT2D eigenvalue weighted by molar-refractivity contribution is 14.1. The number of rotatable bonds is 6. The minimum atomic E-state index is -0.661. The van der Waals surface area contributed by atoms with Gasteiger partial charge < -0.3 is 9.84 Å². The molecule has 0 heterocycles. The van der Waals surface area contributed by atoms with E-state index in [0.29, 0.717) is 6.42 Å². The zero-order valence-electron chi connectivity index (χ0n) is 12.5. The van der Waals surface area contributed by atoms with Gasteiger partial charge in [0.05, 0.1) is 13.5 Å². The maximum Gasteiger partial charge on any atom is 0.303 e. The normalized spacial score (nSPS) is 17.4. The first-order chi connectivity index (χ1) is 10.0. The molecule has 1 aromatic carbocycles. The Hall–Kier alpha value is -0.780. The first kappa shape index (κ1) is 16.6. The van der Waals surface area contributed by atoms with Crippen LogP contribution < -0.4 is 4.74 Å². The van der Waals surface area contributed by atoms with Gasteiger partial charge in [0.2, 0.25) is 0 Å². The third-order valence-corrected chi connectivity index (χ3v) is 5.28. The van der Waals surface area contributed by atoms with Crippen molar-refractivity contribution < 1.29 is 14.6 Å². The van der Waals surface area contributed by atoms with Crippen molar-refractivity contribution in [1.82, 2.24) is 0 Å². The fourth-order valence-corrected chi connectivity index (χ4v) is 4.04. The fraction of sp³-hybridized carbons (Fsp3) is 0.588. The summed E-state index contributed by atoms with van der Waals surface area (Å²) in [6.07, 6.45) is 7.81. The smallest absolute Gasteiger partial charge is 0.303 e. The van der Waals surface area contributed by atoms with Gasteiger partial charge in [-0.2, -0.15) is 0 Å². The Bertz CT molecular complexity index is 493. The number of benzene rings is 1. The Morgan fingerprint density at radius 3 is 2.67 bits per heavy atom. The summed E-state index contributed by atoms with van der Waals surface area (Å²) in [6, 6.07) is 6.19. The lowest BCUT2D eigenvalue weighted by Gasteiger charge is -2.36. The molecule has 1 aliphatic carbocycles. The molecular weight excluding hydrogens is 379 g/mol. The van der Waals surface area contributed by atoms with Crippen molar-refractivity contribution in [2.75, 3.05) is 7.11 Å². The predicted octanol–water partition coefficient (Wildman–Crippen LogP) is 4.66. The Kier molecular flexibility index (Phi) is 5.90. The molecule has 0 saturated heterocycles. The zero-order valence-corrected chi connectivity index (χ0v) is 14.7. The summed E-state index contributed by atoms with van der Waals surface area (Å²) in [6.45, 7) is 0.